The van der Waals surface area contributed by atoms with E-state index in [4.69, 9.17) is 9.47 Å². The van der Waals surface area contributed by atoms with Crippen LogP contribution < -0.4 is 9.47 Å². The van der Waals surface area contributed by atoms with Gasteiger partial charge in [0.2, 0.25) is 0 Å². The molecule has 1 aromatic rings. The van der Waals surface area contributed by atoms with E-state index < -0.39 is 0 Å². The molecule has 0 amide bonds. The lowest BCUT2D eigenvalue weighted by molar-refractivity contribution is -0.132. The molecule has 0 aromatic heterocycles. The monoisotopic (exact) mass is 328 g/mol. The third-order valence-electron chi connectivity index (χ3n) is 5.34. The zero-order valence-electron chi connectivity index (χ0n) is 15.4. The lowest BCUT2D eigenvalue weighted by Crippen LogP contribution is -2.45. The van der Waals surface area contributed by atoms with Crippen molar-refractivity contribution in [3.63, 3.8) is 0 Å². The Labute approximate surface area is 145 Å². The maximum Gasteiger partial charge on any atom is 0.308 e. The van der Waals surface area contributed by atoms with Crippen LogP contribution in [0.25, 0.3) is 0 Å². The molecule has 1 aromatic carbocycles. The number of aryl methyl sites for hydroxylation is 1. The molecule has 0 saturated carbocycles. The van der Waals surface area contributed by atoms with E-state index in [0.29, 0.717) is 17.6 Å². The summed E-state index contributed by atoms with van der Waals surface area (Å²) in [5.41, 5.74) is 3.45. The molecule has 0 radical (unpaired) electrons. The molecule has 2 unspecified atom stereocenters. The van der Waals surface area contributed by atoms with Crippen molar-refractivity contribution in [2.24, 2.45) is 5.92 Å². The van der Waals surface area contributed by atoms with Crippen molar-refractivity contribution in [1.29, 1.82) is 0 Å². The van der Waals surface area contributed by atoms with Gasteiger partial charge in [0.25, 0.3) is 0 Å². The molecule has 2 atom stereocenters. The summed E-state index contributed by atoms with van der Waals surface area (Å²) in [6.07, 6.45) is 6.35. The molecular formula is C21H28O3. The van der Waals surface area contributed by atoms with Crippen molar-refractivity contribution < 1.29 is 14.3 Å². The van der Waals surface area contributed by atoms with Crippen LogP contribution in [0.4, 0.5) is 0 Å². The molecule has 3 rings (SSSR count). The molecule has 3 nitrogen and oxygen atoms in total. The van der Waals surface area contributed by atoms with E-state index in [1.54, 1.807) is 0 Å². The molecule has 2 aliphatic rings. The van der Waals surface area contributed by atoms with Gasteiger partial charge in [0.1, 0.15) is 17.1 Å². The first-order chi connectivity index (χ1) is 11.3. The maximum absolute atomic E-state index is 11.6. The largest absolute Gasteiger partial charge is 0.487 e. The predicted octanol–water partition coefficient (Wildman–Crippen LogP) is 5.18. The summed E-state index contributed by atoms with van der Waals surface area (Å²) in [4.78, 5) is 11.6. The van der Waals surface area contributed by atoms with Crippen molar-refractivity contribution >= 4 is 5.97 Å². The first-order valence-corrected chi connectivity index (χ1v) is 9.01. The summed E-state index contributed by atoms with van der Waals surface area (Å²) in [6.45, 7) is 10.2. The zero-order valence-corrected chi connectivity index (χ0v) is 15.4. The minimum Gasteiger partial charge on any atom is -0.487 e. The van der Waals surface area contributed by atoms with Crippen LogP contribution in [0.3, 0.4) is 0 Å². The van der Waals surface area contributed by atoms with Crippen LogP contribution in [0.2, 0.25) is 0 Å². The molecule has 24 heavy (non-hydrogen) atoms. The fraction of sp³-hybridized carbons (Fsp3) is 0.571. The standard InChI is InChI=1S/C21H28O3/c1-6-7-15-11-18(23-14(3)22)20-16-10-13(2)8-9-17(16)21(4,5)24-19(20)12-15/h8,11-12,16-17H,6-7,9-10H2,1-5H3. The topological polar surface area (TPSA) is 35.5 Å². The molecule has 0 N–H and O–H groups in total. The highest BCUT2D eigenvalue weighted by Gasteiger charge is 2.46. The van der Waals surface area contributed by atoms with Crippen LogP contribution in [0.15, 0.2) is 23.8 Å². The lowest BCUT2D eigenvalue weighted by Gasteiger charge is -2.47. The molecule has 0 fully saturated rings. The normalized spacial score (nSPS) is 24.3. The number of ether oxygens (including phenoxy) is 2. The minimum atomic E-state index is -0.268. The Morgan fingerprint density at radius 2 is 2.12 bits per heavy atom. The van der Waals surface area contributed by atoms with E-state index in [0.717, 1.165) is 37.0 Å². The summed E-state index contributed by atoms with van der Waals surface area (Å²) in [6, 6.07) is 4.19. The number of esters is 1. The van der Waals surface area contributed by atoms with Gasteiger partial charge in [-0.05, 0) is 57.7 Å². The van der Waals surface area contributed by atoms with E-state index in [1.165, 1.54) is 18.1 Å². The van der Waals surface area contributed by atoms with Gasteiger partial charge in [-0.1, -0.05) is 25.0 Å². The van der Waals surface area contributed by atoms with Crippen molar-refractivity contribution in [2.45, 2.75) is 71.8 Å². The Bertz CT molecular complexity index is 685. The summed E-state index contributed by atoms with van der Waals surface area (Å²) in [7, 11) is 0. The van der Waals surface area contributed by atoms with Crippen molar-refractivity contribution in [1.82, 2.24) is 0 Å². The highest BCUT2D eigenvalue weighted by atomic mass is 16.5. The third-order valence-corrected chi connectivity index (χ3v) is 5.34. The number of hydrogen-bond donors (Lipinski definition) is 0. The van der Waals surface area contributed by atoms with Crippen LogP contribution in [-0.2, 0) is 11.2 Å². The summed E-state index contributed by atoms with van der Waals surface area (Å²) in [5.74, 6) is 2.08. The van der Waals surface area contributed by atoms with E-state index in [2.05, 4.69) is 39.8 Å². The number of hydrogen-bond acceptors (Lipinski definition) is 3. The average molecular weight is 328 g/mol. The molecule has 3 heteroatoms. The van der Waals surface area contributed by atoms with Gasteiger partial charge in [-0.25, -0.2) is 0 Å². The number of fused-ring (bicyclic) bond motifs is 3. The predicted molar refractivity (Wildman–Crippen MR) is 95.7 cm³/mol. The second kappa shape index (κ2) is 6.27. The number of carbonyl (C=O) groups excluding carboxylic acids is 1. The van der Waals surface area contributed by atoms with Crippen LogP contribution in [0.5, 0.6) is 11.5 Å². The lowest BCUT2D eigenvalue weighted by atomic mass is 9.67. The SMILES string of the molecule is CCCc1cc(OC(C)=O)c2c(c1)OC(C)(C)C1CC=C(C)CC21. The first kappa shape index (κ1) is 17.1. The van der Waals surface area contributed by atoms with E-state index in [-0.39, 0.29) is 11.6 Å². The van der Waals surface area contributed by atoms with Crippen molar-refractivity contribution in [3.8, 4) is 11.5 Å². The van der Waals surface area contributed by atoms with Gasteiger partial charge in [0.15, 0.2) is 0 Å². The Kier molecular flexibility index (Phi) is 4.46. The minimum absolute atomic E-state index is 0.215. The highest BCUT2D eigenvalue weighted by molar-refractivity contribution is 5.71. The summed E-state index contributed by atoms with van der Waals surface area (Å²) >= 11 is 0. The van der Waals surface area contributed by atoms with Gasteiger partial charge in [0.05, 0.1) is 0 Å². The summed E-state index contributed by atoms with van der Waals surface area (Å²) < 4.78 is 12.0. The van der Waals surface area contributed by atoms with Gasteiger partial charge >= 0.3 is 5.97 Å². The van der Waals surface area contributed by atoms with Gasteiger partial charge in [-0.15, -0.1) is 0 Å². The van der Waals surface area contributed by atoms with Gasteiger partial charge in [0, 0.05) is 24.3 Å². The molecule has 0 bridgehead atoms. The van der Waals surface area contributed by atoms with Crippen LogP contribution in [-0.4, -0.2) is 11.6 Å². The van der Waals surface area contributed by atoms with Gasteiger partial charge in [-0.3, -0.25) is 4.79 Å². The number of rotatable bonds is 3. The van der Waals surface area contributed by atoms with Crippen LogP contribution in [0, 0.1) is 5.92 Å². The third kappa shape index (κ3) is 3.09. The summed E-state index contributed by atoms with van der Waals surface area (Å²) in [5, 5.41) is 0. The molecule has 130 valence electrons. The van der Waals surface area contributed by atoms with Crippen molar-refractivity contribution in [2.75, 3.05) is 0 Å². The van der Waals surface area contributed by atoms with E-state index in [9.17, 15) is 4.79 Å². The highest BCUT2D eigenvalue weighted by Crippen LogP contribution is 2.54. The number of allylic oxidation sites excluding steroid dienone is 2. The zero-order chi connectivity index (χ0) is 17.5. The van der Waals surface area contributed by atoms with Crippen molar-refractivity contribution in [3.05, 3.63) is 34.9 Å². The fourth-order valence-electron chi connectivity index (χ4n) is 4.27. The van der Waals surface area contributed by atoms with Gasteiger partial charge in [-0.2, -0.15) is 0 Å². The average Bonchev–Trinajstić information content (AvgIpc) is 2.45. The Morgan fingerprint density at radius 1 is 1.38 bits per heavy atom. The van der Waals surface area contributed by atoms with E-state index >= 15 is 0 Å². The van der Waals surface area contributed by atoms with Crippen LogP contribution in [0.1, 0.15) is 70.9 Å². The molecule has 0 spiro atoms. The molecule has 0 saturated heterocycles. The Morgan fingerprint density at radius 3 is 2.79 bits per heavy atom. The second-order valence-corrected chi connectivity index (χ2v) is 7.76. The van der Waals surface area contributed by atoms with Crippen LogP contribution >= 0.6 is 0 Å². The number of benzene rings is 1. The fourth-order valence-corrected chi connectivity index (χ4v) is 4.27. The quantitative estimate of drug-likeness (QED) is 0.436. The molecular weight excluding hydrogens is 300 g/mol. The molecule has 1 aliphatic carbocycles. The Hall–Kier alpha value is -1.77. The molecule has 1 aliphatic heterocycles. The Balaban J connectivity index is 2.15. The smallest absolute Gasteiger partial charge is 0.308 e. The maximum atomic E-state index is 11.6. The first-order valence-electron chi connectivity index (χ1n) is 9.01. The molecule has 1 heterocycles. The van der Waals surface area contributed by atoms with E-state index in [1.807, 2.05) is 6.07 Å². The van der Waals surface area contributed by atoms with Gasteiger partial charge < -0.3 is 9.47 Å². The number of carbonyl (C=O) groups is 1. The second-order valence-electron chi connectivity index (χ2n) is 7.76.